The molecule has 0 fully saturated rings. The number of rotatable bonds is 2. The largest absolute Gasteiger partial charge is 0.507 e. The molecule has 4 rings (SSSR count). The van der Waals surface area contributed by atoms with Crippen LogP contribution >= 0.6 is 0 Å². The SMILES string of the molecule is CC(C)(C)c1ccc(O)c(C2=CC=CC2)c1.c1ccc(-c2ccccc2)cc1. The smallest absolute Gasteiger partial charge is 0.123 e. The van der Waals surface area contributed by atoms with Gasteiger partial charge in [-0.15, -0.1) is 0 Å². The summed E-state index contributed by atoms with van der Waals surface area (Å²) < 4.78 is 0. The molecule has 0 heterocycles. The summed E-state index contributed by atoms with van der Waals surface area (Å²) in [5.74, 6) is 0.378. The molecule has 1 aliphatic rings. The van der Waals surface area contributed by atoms with Gasteiger partial charge in [0.25, 0.3) is 0 Å². The summed E-state index contributed by atoms with van der Waals surface area (Å²) in [6.45, 7) is 6.55. The Hall–Kier alpha value is -3.06. The number of benzene rings is 3. The minimum Gasteiger partial charge on any atom is -0.507 e. The molecule has 0 amide bonds. The Balaban J connectivity index is 0.000000167. The third kappa shape index (κ3) is 5.01. The van der Waals surface area contributed by atoms with E-state index < -0.39 is 0 Å². The Kier molecular flexibility index (Phi) is 6.16. The molecular formula is C27H28O. The monoisotopic (exact) mass is 368 g/mol. The highest BCUT2D eigenvalue weighted by Gasteiger charge is 2.17. The standard InChI is InChI=1S/C15H18O.C12H10/c1-15(2,3)12-8-9-14(16)13(10-12)11-6-4-5-7-11;1-3-7-11(8-4-1)12-9-5-2-6-10-12/h4-6,8-10,16H,7H2,1-3H3;1-10H. The van der Waals surface area contributed by atoms with Crippen LogP contribution < -0.4 is 0 Å². The lowest BCUT2D eigenvalue weighted by atomic mass is 9.85. The van der Waals surface area contributed by atoms with Crippen molar-refractivity contribution in [1.82, 2.24) is 0 Å². The average molecular weight is 369 g/mol. The first kappa shape index (κ1) is 19.7. The van der Waals surface area contributed by atoms with E-state index in [1.807, 2.05) is 24.3 Å². The molecule has 0 aromatic heterocycles. The minimum atomic E-state index is 0.120. The number of phenols is 1. The van der Waals surface area contributed by atoms with E-state index in [2.05, 4.69) is 87.5 Å². The molecule has 3 aromatic carbocycles. The van der Waals surface area contributed by atoms with Crippen molar-refractivity contribution in [1.29, 1.82) is 0 Å². The second kappa shape index (κ2) is 8.75. The summed E-state index contributed by atoms with van der Waals surface area (Å²) in [6, 6.07) is 26.7. The number of hydrogen-bond donors (Lipinski definition) is 1. The van der Waals surface area contributed by atoms with Crippen LogP contribution in [-0.4, -0.2) is 5.11 Å². The molecule has 1 N–H and O–H groups in total. The van der Waals surface area contributed by atoms with Crippen molar-refractivity contribution in [3.05, 3.63) is 108 Å². The van der Waals surface area contributed by atoms with Crippen LogP contribution in [0.5, 0.6) is 5.75 Å². The van der Waals surface area contributed by atoms with Crippen molar-refractivity contribution in [3.8, 4) is 16.9 Å². The predicted octanol–water partition coefficient (Wildman–Crippen LogP) is 7.39. The van der Waals surface area contributed by atoms with E-state index in [-0.39, 0.29) is 5.41 Å². The van der Waals surface area contributed by atoms with E-state index in [0.717, 1.165) is 12.0 Å². The first-order chi connectivity index (χ1) is 13.4. The van der Waals surface area contributed by atoms with Crippen LogP contribution in [0.3, 0.4) is 0 Å². The van der Waals surface area contributed by atoms with Crippen LogP contribution in [-0.2, 0) is 5.41 Å². The quantitative estimate of drug-likeness (QED) is 0.500. The van der Waals surface area contributed by atoms with Crippen molar-refractivity contribution < 1.29 is 5.11 Å². The van der Waals surface area contributed by atoms with Crippen LogP contribution in [0, 0.1) is 0 Å². The molecule has 0 saturated heterocycles. The molecule has 0 spiro atoms. The Labute approximate surface area is 168 Å². The van der Waals surface area contributed by atoms with E-state index >= 15 is 0 Å². The lowest BCUT2D eigenvalue weighted by Gasteiger charge is -2.20. The molecule has 0 atom stereocenters. The summed E-state index contributed by atoms with van der Waals surface area (Å²) >= 11 is 0. The summed E-state index contributed by atoms with van der Waals surface area (Å²) in [6.07, 6.45) is 7.14. The van der Waals surface area contributed by atoms with E-state index in [9.17, 15) is 5.11 Å². The third-order valence-electron chi connectivity index (χ3n) is 4.86. The predicted molar refractivity (Wildman–Crippen MR) is 120 cm³/mol. The molecule has 142 valence electrons. The minimum absolute atomic E-state index is 0.120. The van der Waals surface area contributed by atoms with Gasteiger partial charge in [0.15, 0.2) is 0 Å². The molecule has 1 aliphatic carbocycles. The van der Waals surface area contributed by atoms with Crippen molar-refractivity contribution >= 4 is 5.57 Å². The zero-order valence-electron chi connectivity index (χ0n) is 16.9. The van der Waals surface area contributed by atoms with Gasteiger partial charge in [-0.1, -0.05) is 106 Å². The fourth-order valence-electron chi connectivity index (χ4n) is 3.17. The number of allylic oxidation sites excluding steroid dienone is 4. The highest BCUT2D eigenvalue weighted by molar-refractivity contribution is 5.75. The maximum Gasteiger partial charge on any atom is 0.123 e. The number of hydrogen-bond acceptors (Lipinski definition) is 1. The van der Waals surface area contributed by atoms with E-state index in [1.54, 1.807) is 6.07 Å². The van der Waals surface area contributed by atoms with Gasteiger partial charge in [-0.3, -0.25) is 0 Å². The van der Waals surface area contributed by atoms with Gasteiger partial charge in [-0.05, 0) is 46.2 Å². The van der Waals surface area contributed by atoms with Crippen molar-refractivity contribution in [2.75, 3.05) is 0 Å². The van der Waals surface area contributed by atoms with Gasteiger partial charge in [0.05, 0.1) is 0 Å². The molecule has 28 heavy (non-hydrogen) atoms. The number of phenolic OH excluding ortho intramolecular Hbond substituents is 1. The van der Waals surface area contributed by atoms with Crippen LogP contribution in [0.25, 0.3) is 16.7 Å². The Morgan fingerprint density at radius 3 is 1.79 bits per heavy atom. The van der Waals surface area contributed by atoms with Crippen LogP contribution in [0.2, 0.25) is 0 Å². The fourth-order valence-corrected chi connectivity index (χ4v) is 3.17. The van der Waals surface area contributed by atoms with Gasteiger partial charge in [0, 0.05) is 5.56 Å². The first-order valence-electron chi connectivity index (χ1n) is 9.75. The summed E-state index contributed by atoms with van der Waals surface area (Å²) in [4.78, 5) is 0. The van der Waals surface area contributed by atoms with E-state index in [0.29, 0.717) is 5.75 Å². The Morgan fingerprint density at radius 1 is 0.750 bits per heavy atom. The van der Waals surface area contributed by atoms with Crippen LogP contribution in [0.15, 0.2) is 97.1 Å². The van der Waals surface area contributed by atoms with Crippen molar-refractivity contribution in [2.45, 2.75) is 32.6 Å². The molecule has 1 heteroatoms. The van der Waals surface area contributed by atoms with E-state index in [1.165, 1.54) is 22.3 Å². The van der Waals surface area contributed by atoms with Crippen molar-refractivity contribution in [2.24, 2.45) is 0 Å². The second-order valence-electron chi connectivity index (χ2n) is 8.04. The Bertz CT molecular complexity index is 921. The van der Waals surface area contributed by atoms with Gasteiger partial charge in [-0.2, -0.15) is 0 Å². The summed E-state index contributed by atoms with van der Waals surface area (Å²) in [7, 11) is 0. The molecule has 0 unspecified atom stereocenters. The molecule has 1 nitrogen and oxygen atoms in total. The summed E-state index contributed by atoms with van der Waals surface area (Å²) in [5, 5.41) is 9.89. The van der Waals surface area contributed by atoms with Gasteiger partial charge in [0.1, 0.15) is 5.75 Å². The molecule has 3 aromatic rings. The first-order valence-corrected chi connectivity index (χ1v) is 9.75. The lowest BCUT2D eigenvalue weighted by molar-refractivity contribution is 0.472. The molecule has 0 radical (unpaired) electrons. The van der Waals surface area contributed by atoms with Gasteiger partial charge in [-0.25, -0.2) is 0 Å². The van der Waals surface area contributed by atoms with Gasteiger partial charge < -0.3 is 5.11 Å². The topological polar surface area (TPSA) is 20.2 Å². The van der Waals surface area contributed by atoms with E-state index in [4.69, 9.17) is 0 Å². The summed E-state index contributed by atoms with van der Waals surface area (Å²) in [5.41, 5.74) is 6.10. The molecule has 0 saturated carbocycles. The molecular weight excluding hydrogens is 340 g/mol. The normalized spacial score (nSPS) is 12.9. The zero-order chi connectivity index (χ0) is 20.0. The number of aromatic hydroxyl groups is 1. The maximum atomic E-state index is 9.89. The van der Waals surface area contributed by atoms with Crippen molar-refractivity contribution in [3.63, 3.8) is 0 Å². The maximum absolute atomic E-state index is 9.89. The van der Waals surface area contributed by atoms with Crippen LogP contribution in [0.4, 0.5) is 0 Å². The highest BCUT2D eigenvalue weighted by Crippen LogP contribution is 2.34. The average Bonchev–Trinajstić information content (AvgIpc) is 3.24. The molecule has 0 bridgehead atoms. The highest BCUT2D eigenvalue weighted by atomic mass is 16.3. The third-order valence-corrected chi connectivity index (χ3v) is 4.86. The zero-order valence-corrected chi connectivity index (χ0v) is 16.9. The Morgan fingerprint density at radius 2 is 1.32 bits per heavy atom. The van der Waals surface area contributed by atoms with Crippen LogP contribution in [0.1, 0.15) is 38.3 Å². The molecule has 0 aliphatic heterocycles. The fraction of sp³-hybridized carbons (Fsp3) is 0.185. The van der Waals surface area contributed by atoms with Gasteiger partial charge >= 0.3 is 0 Å². The second-order valence-corrected chi connectivity index (χ2v) is 8.04. The lowest BCUT2D eigenvalue weighted by Crippen LogP contribution is -2.11. The van der Waals surface area contributed by atoms with Gasteiger partial charge in [0.2, 0.25) is 0 Å².